The third-order valence-electron chi connectivity index (χ3n) is 6.81. The van der Waals surface area contributed by atoms with E-state index >= 15 is 0 Å². The van der Waals surface area contributed by atoms with Gasteiger partial charge in [-0.2, -0.15) is 0 Å². The van der Waals surface area contributed by atoms with Crippen molar-refractivity contribution in [3.05, 3.63) is 107 Å². The number of nitrogens with one attached hydrogen (secondary N) is 1. The maximum absolute atomic E-state index is 13.7. The van der Waals surface area contributed by atoms with Crippen LogP contribution in [0.15, 0.2) is 78.9 Å². The molecule has 0 spiro atoms. The number of hydrogen-bond acceptors (Lipinski definition) is 2. The van der Waals surface area contributed by atoms with Crippen LogP contribution in [0.5, 0.6) is 0 Å². The number of aryl methyl sites for hydroxylation is 1. The Labute approximate surface area is 189 Å². The Morgan fingerprint density at radius 3 is 2.47 bits per heavy atom. The van der Waals surface area contributed by atoms with E-state index in [9.17, 15) is 9.59 Å². The number of hydrogen-bond donors (Lipinski definition) is 1. The van der Waals surface area contributed by atoms with Crippen molar-refractivity contribution < 1.29 is 9.59 Å². The highest BCUT2D eigenvalue weighted by molar-refractivity contribution is 6.01. The number of fused-ring (bicyclic) bond motifs is 4. The predicted molar refractivity (Wildman–Crippen MR) is 125 cm³/mol. The molecule has 0 unspecified atom stereocenters. The van der Waals surface area contributed by atoms with Crippen LogP contribution in [0.4, 0.5) is 0 Å². The lowest BCUT2D eigenvalue weighted by Gasteiger charge is -2.45. The van der Waals surface area contributed by atoms with Crippen LogP contribution < -0.4 is 5.32 Å². The first kappa shape index (κ1) is 20.5. The van der Waals surface area contributed by atoms with Gasteiger partial charge in [-0.05, 0) is 54.5 Å². The molecular formula is C28H28N2O2. The molecule has 0 saturated carbocycles. The molecule has 0 fully saturated rings. The van der Waals surface area contributed by atoms with Gasteiger partial charge in [0, 0.05) is 18.2 Å². The van der Waals surface area contributed by atoms with E-state index in [2.05, 4.69) is 36.5 Å². The molecule has 0 aromatic heterocycles. The van der Waals surface area contributed by atoms with E-state index in [0.717, 1.165) is 30.4 Å². The van der Waals surface area contributed by atoms with Crippen LogP contribution in [-0.2, 0) is 17.6 Å². The first-order chi connectivity index (χ1) is 15.6. The molecule has 0 radical (unpaired) electrons. The average Bonchev–Trinajstić information content (AvgIpc) is 2.83. The van der Waals surface area contributed by atoms with E-state index in [4.69, 9.17) is 0 Å². The number of benzene rings is 3. The lowest BCUT2D eigenvalue weighted by Crippen LogP contribution is -2.51. The number of carbonyl (C=O) groups is 2. The van der Waals surface area contributed by atoms with Crippen LogP contribution in [-0.4, -0.2) is 29.3 Å². The predicted octanol–water partition coefficient (Wildman–Crippen LogP) is 4.66. The standard InChI is InChI=1S/C28H28N2O2/c1-19(15-16-20-9-3-2-4-10-20)29-27(31)25-23-13-7-8-14-24(23)28(32)30-18-17-21-11-5-6-12-22(21)26(25)30/h2-14,19,25-26H,15-18H2,1H3,(H,29,31)/t19-,25-,26+/m1/s1. The zero-order valence-electron chi connectivity index (χ0n) is 18.3. The molecular weight excluding hydrogens is 396 g/mol. The monoisotopic (exact) mass is 424 g/mol. The number of rotatable bonds is 5. The summed E-state index contributed by atoms with van der Waals surface area (Å²) in [6.45, 7) is 2.70. The van der Waals surface area contributed by atoms with E-state index < -0.39 is 5.92 Å². The molecule has 2 amide bonds. The second-order valence-corrected chi connectivity index (χ2v) is 8.89. The van der Waals surface area contributed by atoms with Gasteiger partial charge in [-0.1, -0.05) is 72.8 Å². The van der Waals surface area contributed by atoms with Crippen LogP contribution in [0, 0.1) is 0 Å². The molecule has 32 heavy (non-hydrogen) atoms. The second kappa shape index (κ2) is 8.62. The minimum Gasteiger partial charge on any atom is -0.353 e. The van der Waals surface area contributed by atoms with Gasteiger partial charge in [0.05, 0.1) is 12.0 Å². The smallest absolute Gasteiger partial charge is 0.254 e. The van der Waals surface area contributed by atoms with Crippen molar-refractivity contribution >= 4 is 11.8 Å². The molecule has 4 nitrogen and oxygen atoms in total. The Morgan fingerprint density at radius 2 is 1.66 bits per heavy atom. The van der Waals surface area contributed by atoms with E-state index in [1.807, 2.05) is 59.5 Å². The lowest BCUT2D eigenvalue weighted by molar-refractivity contribution is -0.125. The highest BCUT2D eigenvalue weighted by atomic mass is 16.2. The first-order valence-electron chi connectivity index (χ1n) is 11.5. The van der Waals surface area contributed by atoms with Crippen LogP contribution in [0.25, 0.3) is 0 Å². The molecule has 2 aliphatic heterocycles. The normalized spacial score (nSPS) is 20.0. The first-order valence-corrected chi connectivity index (χ1v) is 11.5. The highest BCUT2D eigenvalue weighted by Gasteiger charge is 2.46. The quantitative estimate of drug-likeness (QED) is 0.648. The largest absolute Gasteiger partial charge is 0.353 e. The lowest BCUT2D eigenvalue weighted by atomic mass is 9.75. The fraction of sp³-hybridized carbons (Fsp3) is 0.286. The number of carbonyl (C=O) groups excluding carboxylic acids is 2. The molecule has 1 N–H and O–H groups in total. The summed E-state index contributed by atoms with van der Waals surface area (Å²) in [5.74, 6) is -0.386. The van der Waals surface area contributed by atoms with Gasteiger partial charge < -0.3 is 10.2 Å². The topological polar surface area (TPSA) is 49.4 Å². The van der Waals surface area contributed by atoms with Crippen LogP contribution in [0.3, 0.4) is 0 Å². The third kappa shape index (κ3) is 3.70. The minimum atomic E-state index is -0.412. The van der Waals surface area contributed by atoms with Crippen molar-refractivity contribution in [3.63, 3.8) is 0 Å². The van der Waals surface area contributed by atoms with Crippen LogP contribution in [0.2, 0.25) is 0 Å². The summed E-state index contributed by atoms with van der Waals surface area (Å²) in [7, 11) is 0. The SMILES string of the molecule is C[C@H](CCc1ccccc1)NC(=O)[C@@H]1c2ccccc2C(=O)N2CCc3ccccc3[C@@H]12. The maximum Gasteiger partial charge on any atom is 0.254 e. The molecule has 0 bridgehead atoms. The van der Waals surface area contributed by atoms with E-state index in [-0.39, 0.29) is 23.9 Å². The summed E-state index contributed by atoms with van der Waals surface area (Å²) in [4.78, 5) is 28.9. The number of nitrogens with zero attached hydrogens (tertiary/aromatic N) is 1. The summed E-state index contributed by atoms with van der Waals surface area (Å²) in [6.07, 6.45) is 2.61. The van der Waals surface area contributed by atoms with E-state index in [0.29, 0.717) is 12.1 Å². The Hall–Kier alpha value is -3.40. The van der Waals surface area contributed by atoms with Gasteiger partial charge in [0.25, 0.3) is 5.91 Å². The molecule has 0 aliphatic carbocycles. The third-order valence-corrected chi connectivity index (χ3v) is 6.81. The second-order valence-electron chi connectivity index (χ2n) is 8.89. The van der Waals surface area contributed by atoms with Gasteiger partial charge in [0.2, 0.25) is 5.91 Å². The van der Waals surface area contributed by atoms with Crippen molar-refractivity contribution in [3.8, 4) is 0 Å². The molecule has 2 aliphatic rings. The van der Waals surface area contributed by atoms with Crippen LogP contribution >= 0.6 is 0 Å². The fourth-order valence-electron chi connectivity index (χ4n) is 5.19. The molecule has 4 heteroatoms. The van der Waals surface area contributed by atoms with Gasteiger partial charge in [0.1, 0.15) is 0 Å². The van der Waals surface area contributed by atoms with Crippen molar-refractivity contribution in [1.82, 2.24) is 10.2 Å². The zero-order valence-corrected chi connectivity index (χ0v) is 18.3. The molecule has 3 aromatic carbocycles. The van der Waals surface area contributed by atoms with Gasteiger partial charge in [-0.3, -0.25) is 9.59 Å². The van der Waals surface area contributed by atoms with E-state index in [1.54, 1.807) is 0 Å². The summed E-state index contributed by atoms with van der Waals surface area (Å²) in [6, 6.07) is 26.0. The molecule has 162 valence electrons. The molecule has 5 rings (SSSR count). The summed E-state index contributed by atoms with van der Waals surface area (Å²) < 4.78 is 0. The Morgan fingerprint density at radius 1 is 0.969 bits per heavy atom. The van der Waals surface area contributed by atoms with Gasteiger partial charge >= 0.3 is 0 Å². The van der Waals surface area contributed by atoms with Crippen molar-refractivity contribution in [1.29, 1.82) is 0 Å². The molecule has 3 atom stereocenters. The minimum absolute atomic E-state index is 0.00258. The molecule has 0 saturated heterocycles. The van der Waals surface area contributed by atoms with Gasteiger partial charge in [0.15, 0.2) is 0 Å². The van der Waals surface area contributed by atoms with Gasteiger partial charge in [-0.25, -0.2) is 0 Å². The Bertz CT molecular complexity index is 1140. The summed E-state index contributed by atoms with van der Waals surface area (Å²) in [5, 5.41) is 3.26. The van der Waals surface area contributed by atoms with Crippen molar-refractivity contribution in [2.45, 2.75) is 44.2 Å². The summed E-state index contributed by atoms with van der Waals surface area (Å²) in [5.41, 5.74) is 5.09. The van der Waals surface area contributed by atoms with Crippen LogP contribution in [0.1, 0.15) is 57.9 Å². The molecule has 2 heterocycles. The zero-order chi connectivity index (χ0) is 22.1. The van der Waals surface area contributed by atoms with Crippen molar-refractivity contribution in [2.24, 2.45) is 0 Å². The Kier molecular flexibility index (Phi) is 5.52. The van der Waals surface area contributed by atoms with Crippen molar-refractivity contribution in [2.75, 3.05) is 6.54 Å². The summed E-state index contributed by atoms with van der Waals surface area (Å²) >= 11 is 0. The average molecular weight is 425 g/mol. The highest BCUT2D eigenvalue weighted by Crippen LogP contribution is 2.45. The fourth-order valence-corrected chi connectivity index (χ4v) is 5.19. The van der Waals surface area contributed by atoms with Gasteiger partial charge in [-0.15, -0.1) is 0 Å². The number of amides is 2. The Balaban J connectivity index is 1.44. The maximum atomic E-state index is 13.7. The van der Waals surface area contributed by atoms with E-state index in [1.165, 1.54) is 11.1 Å². The molecule has 3 aromatic rings.